The molecule has 1 aromatic carbocycles. The molecule has 1 saturated heterocycles. The lowest BCUT2D eigenvalue weighted by Crippen LogP contribution is -2.59. The summed E-state index contributed by atoms with van der Waals surface area (Å²) < 4.78 is 33.6. The number of carbonyl (C=O) groups excluding carboxylic acids is 2. The number of sulfonamides is 1. The second kappa shape index (κ2) is 8.40. The number of amides is 2. The molecule has 0 spiro atoms. The Bertz CT molecular complexity index is 1610. The summed E-state index contributed by atoms with van der Waals surface area (Å²) in [5, 5.41) is 7.16. The van der Waals surface area contributed by atoms with Crippen molar-refractivity contribution in [2.24, 2.45) is 5.92 Å². The standard InChI is InChI=1S/C25H29N7O5S/c1-13(14-4-5-14)31-10-16-8-15(9-18(19(16)24(31)34)30-38(3,35)36)17-6-7-32-22(27-17)20(21(26)29-32)23(33)28-25(2)11-37-12-25/h6-9,13-14,30H,4-5,10-12H2,1-3H3,(H2,26,29)(H,28,33). The molecule has 200 valence electrons. The molecule has 1 unspecified atom stereocenters. The highest BCUT2D eigenvalue weighted by Crippen LogP contribution is 2.41. The van der Waals surface area contributed by atoms with Gasteiger partial charge in [-0.25, -0.2) is 17.9 Å². The molecule has 2 aliphatic heterocycles. The van der Waals surface area contributed by atoms with Crippen molar-refractivity contribution < 1.29 is 22.7 Å². The quantitative estimate of drug-likeness (QED) is 0.408. The summed E-state index contributed by atoms with van der Waals surface area (Å²) >= 11 is 0. The Labute approximate surface area is 219 Å². The molecule has 38 heavy (non-hydrogen) atoms. The second-order valence-electron chi connectivity index (χ2n) is 10.8. The van der Waals surface area contributed by atoms with Crippen LogP contribution in [0.2, 0.25) is 0 Å². The largest absolute Gasteiger partial charge is 0.381 e. The van der Waals surface area contributed by atoms with Gasteiger partial charge in [-0.05, 0) is 56.4 Å². The van der Waals surface area contributed by atoms with Crippen molar-refractivity contribution in [3.8, 4) is 11.3 Å². The zero-order valence-corrected chi connectivity index (χ0v) is 22.1. The van der Waals surface area contributed by atoms with Crippen LogP contribution >= 0.6 is 0 Å². The number of carbonyl (C=O) groups is 2. The predicted octanol–water partition coefficient (Wildman–Crippen LogP) is 1.62. The van der Waals surface area contributed by atoms with Gasteiger partial charge < -0.3 is 20.7 Å². The number of hydrogen-bond donors (Lipinski definition) is 3. The molecule has 2 aromatic heterocycles. The topological polar surface area (TPSA) is 161 Å². The number of nitrogens with one attached hydrogen (secondary N) is 2. The van der Waals surface area contributed by atoms with E-state index in [4.69, 9.17) is 10.5 Å². The smallest absolute Gasteiger partial charge is 0.259 e. The van der Waals surface area contributed by atoms with Crippen LogP contribution < -0.4 is 15.8 Å². The monoisotopic (exact) mass is 539 g/mol. The SMILES string of the molecule is CC(C1CC1)N1Cc2cc(-c3ccn4nc(N)c(C(=O)NC5(C)COC5)c4n3)cc(NS(C)(=O)=O)c2C1=O. The molecular formula is C25H29N7O5S. The van der Waals surface area contributed by atoms with E-state index >= 15 is 0 Å². The molecule has 3 aliphatic rings. The van der Waals surface area contributed by atoms with Crippen LogP contribution in [0.1, 0.15) is 53.0 Å². The Morgan fingerprint density at radius 2 is 2.03 bits per heavy atom. The van der Waals surface area contributed by atoms with E-state index in [9.17, 15) is 18.0 Å². The fraction of sp³-hybridized carbons (Fsp3) is 0.440. The Hall–Kier alpha value is -3.71. The lowest BCUT2D eigenvalue weighted by molar-refractivity contribution is -0.0593. The van der Waals surface area contributed by atoms with Crippen molar-refractivity contribution in [3.63, 3.8) is 0 Å². The Morgan fingerprint density at radius 3 is 2.66 bits per heavy atom. The molecule has 13 heteroatoms. The highest BCUT2D eigenvalue weighted by molar-refractivity contribution is 7.92. The minimum Gasteiger partial charge on any atom is -0.381 e. The molecule has 0 radical (unpaired) electrons. The number of nitrogens with zero attached hydrogens (tertiary/aromatic N) is 4. The fourth-order valence-corrected chi connectivity index (χ4v) is 5.77. The van der Waals surface area contributed by atoms with Crippen LogP contribution in [0.3, 0.4) is 0 Å². The van der Waals surface area contributed by atoms with Gasteiger partial charge in [-0.1, -0.05) is 0 Å². The van der Waals surface area contributed by atoms with E-state index < -0.39 is 21.5 Å². The number of aromatic nitrogens is 3. The molecule has 1 aliphatic carbocycles. The molecule has 2 fully saturated rings. The molecule has 1 atom stereocenters. The van der Waals surface area contributed by atoms with Crippen molar-refractivity contribution in [1.82, 2.24) is 24.8 Å². The number of nitrogens with two attached hydrogens (primary N) is 1. The molecule has 0 bridgehead atoms. The first-order valence-electron chi connectivity index (χ1n) is 12.4. The van der Waals surface area contributed by atoms with Gasteiger partial charge in [-0.2, -0.15) is 0 Å². The first kappa shape index (κ1) is 24.6. The van der Waals surface area contributed by atoms with Crippen LogP contribution in [0, 0.1) is 5.92 Å². The van der Waals surface area contributed by atoms with Crippen LogP contribution in [-0.4, -0.2) is 70.8 Å². The van der Waals surface area contributed by atoms with Crippen molar-refractivity contribution in [2.75, 3.05) is 29.9 Å². The van der Waals surface area contributed by atoms with Crippen LogP contribution in [0.5, 0.6) is 0 Å². The maximum atomic E-state index is 13.4. The molecule has 3 aromatic rings. The van der Waals surface area contributed by atoms with Gasteiger partial charge in [0, 0.05) is 24.3 Å². The van der Waals surface area contributed by atoms with Crippen molar-refractivity contribution in [2.45, 2.75) is 44.8 Å². The second-order valence-corrected chi connectivity index (χ2v) is 12.5. The van der Waals surface area contributed by atoms with Gasteiger partial charge in [0.1, 0.15) is 5.56 Å². The predicted molar refractivity (Wildman–Crippen MR) is 140 cm³/mol. The van der Waals surface area contributed by atoms with Crippen molar-refractivity contribution in [1.29, 1.82) is 0 Å². The molecule has 1 saturated carbocycles. The molecule has 12 nitrogen and oxygen atoms in total. The van der Waals surface area contributed by atoms with Crippen LogP contribution in [0.4, 0.5) is 11.5 Å². The molecule has 6 rings (SSSR count). The van der Waals surface area contributed by atoms with E-state index in [2.05, 4.69) is 20.1 Å². The number of rotatable bonds is 7. The number of nitrogen functional groups attached to an aromatic ring is 1. The van der Waals surface area contributed by atoms with E-state index in [-0.39, 0.29) is 34.7 Å². The average Bonchev–Trinajstić information content (AvgIpc) is 3.53. The lowest BCUT2D eigenvalue weighted by Gasteiger charge is -2.38. The van der Waals surface area contributed by atoms with Gasteiger partial charge in [0.2, 0.25) is 10.0 Å². The van der Waals surface area contributed by atoms with E-state index in [0.717, 1.165) is 24.7 Å². The maximum absolute atomic E-state index is 13.4. The third kappa shape index (κ3) is 4.25. The molecule has 4 N–H and O–H groups in total. The molecule has 2 amide bonds. The van der Waals surface area contributed by atoms with E-state index in [1.54, 1.807) is 23.2 Å². The van der Waals surface area contributed by atoms with Gasteiger partial charge in [-0.15, -0.1) is 5.10 Å². The fourth-order valence-electron chi connectivity index (χ4n) is 5.21. The summed E-state index contributed by atoms with van der Waals surface area (Å²) in [5.41, 5.74) is 8.37. The van der Waals surface area contributed by atoms with E-state index in [0.29, 0.717) is 42.5 Å². The summed E-state index contributed by atoms with van der Waals surface area (Å²) in [6.45, 7) is 5.10. The maximum Gasteiger partial charge on any atom is 0.259 e. The van der Waals surface area contributed by atoms with Gasteiger partial charge >= 0.3 is 0 Å². The van der Waals surface area contributed by atoms with Crippen LogP contribution in [-0.2, 0) is 21.3 Å². The average molecular weight is 540 g/mol. The Morgan fingerprint density at radius 1 is 1.29 bits per heavy atom. The zero-order valence-electron chi connectivity index (χ0n) is 21.3. The Balaban J connectivity index is 1.42. The summed E-state index contributed by atoms with van der Waals surface area (Å²) in [4.78, 5) is 33.0. The zero-order chi connectivity index (χ0) is 27.0. The minimum atomic E-state index is -3.66. The highest BCUT2D eigenvalue weighted by Gasteiger charge is 2.40. The number of benzene rings is 1. The summed E-state index contributed by atoms with van der Waals surface area (Å²) in [5.74, 6) is -0.0819. The summed E-state index contributed by atoms with van der Waals surface area (Å²) in [6, 6.07) is 5.23. The minimum absolute atomic E-state index is 0.0414. The normalized spacial score (nSPS) is 19.2. The number of ether oxygens (including phenoxy) is 1. The molecular weight excluding hydrogens is 510 g/mol. The first-order chi connectivity index (χ1) is 17.9. The first-order valence-corrected chi connectivity index (χ1v) is 14.3. The van der Waals surface area contributed by atoms with Crippen molar-refractivity contribution in [3.05, 3.63) is 41.1 Å². The Kier molecular flexibility index (Phi) is 5.44. The highest BCUT2D eigenvalue weighted by atomic mass is 32.2. The third-order valence-electron chi connectivity index (χ3n) is 7.42. The van der Waals surface area contributed by atoms with Gasteiger partial charge in [-0.3, -0.25) is 14.3 Å². The number of anilines is 2. The number of fused-ring (bicyclic) bond motifs is 2. The third-order valence-corrected chi connectivity index (χ3v) is 8.01. The number of hydrogen-bond acceptors (Lipinski definition) is 8. The summed E-state index contributed by atoms with van der Waals surface area (Å²) in [7, 11) is -3.66. The summed E-state index contributed by atoms with van der Waals surface area (Å²) in [6.07, 6.45) is 4.86. The van der Waals surface area contributed by atoms with Crippen LogP contribution in [0.15, 0.2) is 24.4 Å². The van der Waals surface area contributed by atoms with Crippen molar-refractivity contribution >= 4 is 39.0 Å². The van der Waals surface area contributed by atoms with Gasteiger partial charge in [0.15, 0.2) is 11.5 Å². The molecule has 4 heterocycles. The van der Waals surface area contributed by atoms with E-state index in [1.165, 1.54) is 4.52 Å². The lowest BCUT2D eigenvalue weighted by atomic mass is 10.00. The van der Waals surface area contributed by atoms with Gasteiger partial charge in [0.25, 0.3) is 11.8 Å². The van der Waals surface area contributed by atoms with Crippen LogP contribution in [0.25, 0.3) is 16.9 Å². The van der Waals surface area contributed by atoms with Gasteiger partial charge in [0.05, 0.1) is 42.0 Å². The van der Waals surface area contributed by atoms with E-state index in [1.807, 2.05) is 19.9 Å².